The number of aliphatic hydroxyl groups excluding tert-OH is 1. The van der Waals surface area contributed by atoms with Crippen molar-refractivity contribution >= 4 is 0 Å². The Morgan fingerprint density at radius 3 is 2.60 bits per heavy atom. The highest BCUT2D eigenvalue weighted by Gasteiger charge is 2.26. The second kappa shape index (κ2) is 12.3. The average molecular weight is 480 g/mol. The van der Waals surface area contributed by atoms with E-state index in [9.17, 15) is 5.11 Å². The minimum absolute atomic E-state index is 0.167. The van der Waals surface area contributed by atoms with E-state index < -0.39 is 6.10 Å². The summed E-state index contributed by atoms with van der Waals surface area (Å²) in [7, 11) is 0. The van der Waals surface area contributed by atoms with Crippen LogP contribution in [0.5, 0.6) is 11.6 Å². The first-order valence-electron chi connectivity index (χ1n) is 12.5. The molecule has 0 aliphatic carbocycles. The molecule has 1 aliphatic rings. The first-order chi connectivity index (χ1) is 17.0. The van der Waals surface area contributed by atoms with E-state index in [-0.39, 0.29) is 6.10 Å². The zero-order chi connectivity index (χ0) is 24.6. The van der Waals surface area contributed by atoms with Crippen LogP contribution in [0.3, 0.4) is 0 Å². The van der Waals surface area contributed by atoms with Gasteiger partial charge in [0.15, 0.2) is 0 Å². The summed E-state index contributed by atoms with van der Waals surface area (Å²) in [5.74, 6) is 1.45. The molecule has 3 aromatic rings. The molecule has 1 aliphatic heterocycles. The van der Waals surface area contributed by atoms with Gasteiger partial charge in [0.2, 0.25) is 5.88 Å². The highest BCUT2D eigenvalue weighted by molar-refractivity contribution is 5.43. The largest absolute Gasteiger partial charge is 0.439 e. The number of ether oxygens (including phenoxy) is 3. The van der Waals surface area contributed by atoms with Gasteiger partial charge in [-0.3, -0.25) is 4.90 Å². The van der Waals surface area contributed by atoms with E-state index in [1.54, 1.807) is 0 Å². The molecule has 2 heterocycles. The van der Waals surface area contributed by atoms with Crippen molar-refractivity contribution in [3.63, 3.8) is 0 Å². The average Bonchev–Trinajstić information content (AvgIpc) is 3.48. The van der Waals surface area contributed by atoms with Crippen molar-refractivity contribution in [3.05, 3.63) is 71.4 Å². The minimum atomic E-state index is -0.581. The predicted molar refractivity (Wildman–Crippen MR) is 136 cm³/mol. The van der Waals surface area contributed by atoms with Crippen LogP contribution in [0.25, 0.3) is 5.69 Å². The molecular formula is C28H37N3O4. The van der Waals surface area contributed by atoms with Crippen molar-refractivity contribution in [2.75, 3.05) is 32.9 Å². The second-order valence-electron chi connectivity index (χ2n) is 9.17. The predicted octanol–water partition coefficient (Wildman–Crippen LogP) is 4.66. The van der Waals surface area contributed by atoms with Gasteiger partial charge in [0.05, 0.1) is 35.8 Å². The van der Waals surface area contributed by atoms with Crippen molar-refractivity contribution in [3.8, 4) is 17.3 Å². The Labute approximate surface area is 208 Å². The first-order valence-corrected chi connectivity index (χ1v) is 12.5. The SMILES string of the molecule is CCOC[C@@H](O)CN(Cc1c(C)nn(-c2ccccc2)c1Oc1ccc(C)cc1)C[C@@H]1CCCO1. The Bertz CT molecular complexity index is 1050. The van der Waals surface area contributed by atoms with E-state index in [0.717, 1.165) is 48.7 Å². The van der Waals surface area contributed by atoms with E-state index in [1.807, 2.05) is 73.1 Å². The number of hydrogen-bond acceptors (Lipinski definition) is 6. The smallest absolute Gasteiger partial charge is 0.227 e. The molecule has 188 valence electrons. The fourth-order valence-electron chi connectivity index (χ4n) is 4.40. The number of aromatic nitrogens is 2. The molecule has 0 amide bonds. The van der Waals surface area contributed by atoms with E-state index in [1.165, 1.54) is 5.56 Å². The Morgan fingerprint density at radius 1 is 1.14 bits per heavy atom. The maximum Gasteiger partial charge on any atom is 0.227 e. The number of nitrogens with zero attached hydrogens (tertiary/aromatic N) is 3. The molecule has 2 aromatic carbocycles. The molecule has 0 unspecified atom stereocenters. The van der Waals surface area contributed by atoms with Gasteiger partial charge >= 0.3 is 0 Å². The molecule has 0 spiro atoms. The van der Waals surface area contributed by atoms with Gasteiger partial charge in [0.1, 0.15) is 5.75 Å². The molecule has 0 radical (unpaired) electrons. The summed E-state index contributed by atoms with van der Waals surface area (Å²) < 4.78 is 19.7. The van der Waals surface area contributed by atoms with Crippen LogP contribution < -0.4 is 4.74 Å². The van der Waals surface area contributed by atoms with Crippen LogP contribution >= 0.6 is 0 Å². The van der Waals surface area contributed by atoms with E-state index in [4.69, 9.17) is 19.3 Å². The molecule has 7 heteroatoms. The van der Waals surface area contributed by atoms with Crippen molar-refractivity contribution in [2.45, 2.75) is 52.4 Å². The summed E-state index contributed by atoms with van der Waals surface area (Å²) in [4.78, 5) is 2.24. The lowest BCUT2D eigenvalue weighted by atomic mass is 10.1. The third-order valence-electron chi connectivity index (χ3n) is 6.22. The Morgan fingerprint density at radius 2 is 1.91 bits per heavy atom. The van der Waals surface area contributed by atoms with Gasteiger partial charge in [0.25, 0.3) is 0 Å². The molecule has 1 aromatic heterocycles. The molecule has 1 saturated heterocycles. The molecule has 0 saturated carbocycles. The lowest BCUT2D eigenvalue weighted by Crippen LogP contribution is -2.39. The zero-order valence-electron chi connectivity index (χ0n) is 21.0. The monoisotopic (exact) mass is 479 g/mol. The summed E-state index contributed by atoms with van der Waals surface area (Å²) in [6.45, 7) is 9.51. The second-order valence-corrected chi connectivity index (χ2v) is 9.17. The molecule has 0 bridgehead atoms. The topological polar surface area (TPSA) is 69.0 Å². The van der Waals surface area contributed by atoms with Gasteiger partial charge in [-0.1, -0.05) is 35.9 Å². The van der Waals surface area contributed by atoms with Crippen LogP contribution in [0.1, 0.15) is 36.6 Å². The molecule has 2 atom stereocenters. The number of hydrogen-bond donors (Lipinski definition) is 1. The number of para-hydroxylation sites is 1. The highest BCUT2D eigenvalue weighted by atomic mass is 16.5. The first kappa shape index (κ1) is 25.4. The summed E-state index contributed by atoms with van der Waals surface area (Å²) in [6, 6.07) is 18.1. The fraction of sp³-hybridized carbons (Fsp3) is 0.464. The molecule has 35 heavy (non-hydrogen) atoms. The van der Waals surface area contributed by atoms with Crippen LogP contribution in [-0.2, 0) is 16.0 Å². The third-order valence-corrected chi connectivity index (χ3v) is 6.22. The van der Waals surface area contributed by atoms with Crippen molar-refractivity contribution < 1.29 is 19.3 Å². The standard InChI is InChI=1S/C28H37N3O4/c1-4-33-20-24(32)17-30(18-26-11-8-16-34-26)19-27-22(3)29-31(23-9-6-5-7-10-23)28(27)35-25-14-12-21(2)13-15-25/h5-7,9-10,12-15,24,26,32H,4,8,11,16-20H2,1-3H3/t24-,26-/m0/s1. The van der Waals surface area contributed by atoms with Crippen molar-refractivity contribution in [1.29, 1.82) is 0 Å². The molecule has 4 rings (SSSR count). The highest BCUT2D eigenvalue weighted by Crippen LogP contribution is 2.32. The van der Waals surface area contributed by atoms with Crippen LogP contribution in [-0.4, -0.2) is 64.9 Å². The van der Waals surface area contributed by atoms with E-state index >= 15 is 0 Å². The summed E-state index contributed by atoms with van der Waals surface area (Å²) >= 11 is 0. The number of aryl methyl sites for hydroxylation is 2. The Balaban J connectivity index is 1.65. The Hall–Kier alpha value is -2.71. The van der Waals surface area contributed by atoms with Gasteiger partial charge in [-0.25, -0.2) is 4.68 Å². The maximum atomic E-state index is 10.6. The van der Waals surface area contributed by atoms with E-state index in [0.29, 0.717) is 32.2 Å². The van der Waals surface area contributed by atoms with Crippen molar-refractivity contribution in [2.24, 2.45) is 0 Å². The summed E-state index contributed by atoms with van der Waals surface area (Å²) in [5.41, 5.74) is 4.01. The normalized spacial score (nSPS) is 16.7. The molecule has 1 N–H and O–H groups in total. The maximum absolute atomic E-state index is 10.6. The van der Waals surface area contributed by atoms with Gasteiger partial charge in [-0.05, 0) is 57.9 Å². The van der Waals surface area contributed by atoms with Crippen LogP contribution in [0.15, 0.2) is 54.6 Å². The van der Waals surface area contributed by atoms with Gasteiger partial charge < -0.3 is 19.3 Å². The van der Waals surface area contributed by atoms with Crippen LogP contribution in [0, 0.1) is 13.8 Å². The van der Waals surface area contributed by atoms with Gasteiger partial charge in [-0.15, -0.1) is 0 Å². The van der Waals surface area contributed by atoms with E-state index in [2.05, 4.69) is 11.8 Å². The Kier molecular flexibility index (Phi) is 8.93. The molecule has 7 nitrogen and oxygen atoms in total. The number of benzene rings is 2. The fourth-order valence-corrected chi connectivity index (χ4v) is 4.40. The van der Waals surface area contributed by atoms with Gasteiger partial charge in [-0.2, -0.15) is 5.10 Å². The van der Waals surface area contributed by atoms with Crippen LogP contribution in [0.4, 0.5) is 0 Å². The quantitative estimate of drug-likeness (QED) is 0.408. The summed E-state index contributed by atoms with van der Waals surface area (Å²) in [5, 5.41) is 15.5. The van der Waals surface area contributed by atoms with Crippen molar-refractivity contribution in [1.82, 2.24) is 14.7 Å². The lowest BCUT2D eigenvalue weighted by molar-refractivity contribution is 0.00498. The molecule has 1 fully saturated rings. The minimum Gasteiger partial charge on any atom is -0.439 e. The third kappa shape index (κ3) is 6.92. The zero-order valence-corrected chi connectivity index (χ0v) is 21.0. The summed E-state index contributed by atoms with van der Waals surface area (Å²) in [6.07, 6.45) is 1.70. The number of aliphatic hydroxyl groups is 1. The lowest BCUT2D eigenvalue weighted by Gasteiger charge is -2.27. The molecular weight excluding hydrogens is 442 g/mol. The van der Waals surface area contributed by atoms with Gasteiger partial charge in [0, 0.05) is 32.8 Å². The number of rotatable bonds is 12. The van der Waals surface area contributed by atoms with Crippen LogP contribution in [0.2, 0.25) is 0 Å².